The van der Waals surface area contributed by atoms with Crippen LogP contribution < -0.4 is 0 Å². The van der Waals surface area contributed by atoms with Crippen LogP contribution in [0.3, 0.4) is 0 Å². The summed E-state index contributed by atoms with van der Waals surface area (Å²) in [6, 6.07) is 29.3. The molecular weight excluding hydrogens is 380 g/mol. The third-order valence-corrected chi connectivity index (χ3v) is 5.48. The number of allylic oxidation sites excluding steroid dienone is 1. The van der Waals surface area contributed by atoms with Gasteiger partial charge < -0.3 is 4.74 Å². The maximum atomic E-state index is 13.4. The molecule has 0 radical (unpaired) electrons. The first-order valence-corrected chi connectivity index (χ1v) is 9.84. The average Bonchev–Trinajstić information content (AvgIpc) is 3.05. The van der Waals surface area contributed by atoms with Gasteiger partial charge in [0, 0.05) is 16.1 Å². The summed E-state index contributed by atoms with van der Waals surface area (Å²) < 4.78 is 6.26. The van der Waals surface area contributed by atoms with E-state index in [2.05, 4.69) is 12.1 Å². The van der Waals surface area contributed by atoms with Crippen LogP contribution in [0.25, 0.3) is 22.1 Å². The lowest BCUT2D eigenvalue weighted by Gasteiger charge is -2.12. The fourth-order valence-electron chi connectivity index (χ4n) is 3.83. The van der Waals surface area contributed by atoms with Gasteiger partial charge in [-0.3, -0.25) is 4.79 Å². The Bertz CT molecular complexity index is 1260. The second-order valence-electron chi connectivity index (χ2n) is 7.02. The van der Waals surface area contributed by atoms with Gasteiger partial charge in [-0.15, -0.1) is 0 Å². The van der Waals surface area contributed by atoms with Crippen molar-refractivity contribution in [2.24, 2.45) is 0 Å². The minimum absolute atomic E-state index is 0.00283. The summed E-state index contributed by atoms with van der Waals surface area (Å²) in [4.78, 5) is 13.4. The van der Waals surface area contributed by atoms with E-state index in [1.54, 1.807) is 0 Å². The van der Waals surface area contributed by atoms with Crippen molar-refractivity contribution >= 4 is 39.5 Å². The van der Waals surface area contributed by atoms with Crippen LogP contribution in [0.4, 0.5) is 0 Å². The molecule has 0 aliphatic heterocycles. The van der Waals surface area contributed by atoms with E-state index in [9.17, 15) is 4.79 Å². The number of hydrogen-bond donors (Lipinski definition) is 0. The van der Waals surface area contributed by atoms with E-state index < -0.39 is 0 Å². The second kappa shape index (κ2) is 7.23. The fraction of sp³-hybridized carbons (Fsp3) is 0.0385. The second-order valence-corrected chi connectivity index (χ2v) is 7.46. The highest BCUT2D eigenvalue weighted by molar-refractivity contribution is 6.40. The van der Waals surface area contributed by atoms with E-state index in [4.69, 9.17) is 16.3 Å². The van der Waals surface area contributed by atoms with Gasteiger partial charge in [0.15, 0.2) is 5.78 Å². The van der Waals surface area contributed by atoms with Crippen LogP contribution in [0.2, 0.25) is 5.02 Å². The monoisotopic (exact) mass is 396 g/mol. The predicted octanol–water partition coefficient (Wildman–Crippen LogP) is 6.77. The number of rotatable bonds is 4. The molecule has 5 rings (SSSR count). The summed E-state index contributed by atoms with van der Waals surface area (Å²) in [7, 11) is 0. The highest BCUT2D eigenvalue weighted by Gasteiger charge is 2.32. The first-order chi connectivity index (χ1) is 14.2. The van der Waals surface area contributed by atoms with Crippen LogP contribution in [0.15, 0.2) is 91.0 Å². The molecule has 0 bridgehead atoms. The molecule has 0 amide bonds. The first kappa shape index (κ1) is 17.7. The van der Waals surface area contributed by atoms with E-state index in [1.165, 1.54) is 0 Å². The molecule has 0 spiro atoms. The topological polar surface area (TPSA) is 26.3 Å². The minimum Gasteiger partial charge on any atom is -0.487 e. The van der Waals surface area contributed by atoms with Crippen LogP contribution in [0.5, 0.6) is 0 Å². The smallest absolute Gasteiger partial charge is 0.198 e. The van der Waals surface area contributed by atoms with Crippen molar-refractivity contribution in [3.05, 3.63) is 118 Å². The number of benzene rings is 4. The Hall–Kier alpha value is -3.36. The van der Waals surface area contributed by atoms with Crippen molar-refractivity contribution in [3.8, 4) is 0 Å². The maximum Gasteiger partial charge on any atom is 0.198 e. The van der Waals surface area contributed by atoms with Gasteiger partial charge in [0.2, 0.25) is 0 Å². The fourth-order valence-corrected chi connectivity index (χ4v) is 3.95. The van der Waals surface area contributed by atoms with Gasteiger partial charge in [-0.2, -0.15) is 0 Å². The molecule has 0 unspecified atom stereocenters. The highest BCUT2D eigenvalue weighted by Crippen LogP contribution is 2.41. The van der Waals surface area contributed by atoms with Crippen molar-refractivity contribution in [2.75, 3.05) is 0 Å². The van der Waals surface area contributed by atoms with Gasteiger partial charge in [0.05, 0.1) is 5.57 Å². The lowest BCUT2D eigenvalue weighted by Crippen LogP contribution is -2.00. The summed E-state index contributed by atoms with van der Waals surface area (Å²) in [6.07, 6.45) is 0. The number of carbonyl (C=O) groups excluding carboxylic acids is 1. The molecule has 4 aromatic carbocycles. The number of ketones is 1. The molecule has 3 heteroatoms. The van der Waals surface area contributed by atoms with Crippen molar-refractivity contribution in [3.63, 3.8) is 0 Å². The van der Waals surface area contributed by atoms with E-state index in [1.807, 2.05) is 78.9 Å². The Morgan fingerprint density at radius 1 is 0.690 bits per heavy atom. The van der Waals surface area contributed by atoms with E-state index in [0.29, 0.717) is 28.5 Å². The van der Waals surface area contributed by atoms with E-state index in [0.717, 1.165) is 27.5 Å². The molecule has 4 aromatic rings. The van der Waals surface area contributed by atoms with Gasteiger partial charge >= 0.3 is 0 Å². The SMILES string of the molecule is O=C1C(c2cccc3ccccc23)=C(OCc2ccc(Cl)cc2)c2ccccc21. The summed E-state index contributed by atoms with van der Waals surface area (Å²) in [6.45, 7) is 0.363. The van der Waals surface area contributed by atoms with Gasteiger partial charge in [-0.05, 0) is 34.0 Å². The van der Waals surface area contributed by atoms with Gasteiger partial charge in [-0.1, -0.05) is 90.5 Å². The summed E-state index contributed by atoms with van der Waals surface area (Å²) in [5.74, 6) is 0.639. The molecule has 0 aromatic heterocycles. The van der Waals surface area contributed by atoms with Gasteiger partial charge in [0.25, 0.3) is 0 Å². The number of Topliss-reactive ketones (excluding diaryl/α,β-unsaturated/α-hetero) is 1. The van der Waals surface area contributed by atoms with Crippen LogP contribution in [-0.4, -0.2) is 5.78 Å². The Morgan fingerprint density at radius 2 is 1.34 bits per heavy atom. The minimum atomic E-state index is 0.00283. The summed E-state index contributed by atoms with van der Waals surface area (Å²) >= 11 is 5.99. The third-order valence-electron chi connectivity index (χ3n) is 5.23. The summed E-state index contributed by atoms with van der Waals surface area (Å²) in [5.41, 5.74) is 4.04. The molecule has 2 nitrogen and oxygen atoms in total. The third kappa shape index (κ3) is 3.12. The molecule has 29 heavy (non-hydrogen) atoms. The van der Waals surface area contributed by atoms with E-state index in [-0.39, 0.29) is 5.78 Å². The predicted molar refractivity (Wildman–Crippen MR) is 118 cm³/mol. The summed E-state index contributed by atoms with van der Waals surface area (Å²) in [5, 5.41) is 2.82. The Labute approximate surface area is 174 Å². The quantitative estimate of drug-likeness (QED) is 0.380. The number of halogens is 1. The normalized spacial score (nSPS) is 13.1. The van der Waals surface area contributed by atoms with Crippen LogP contribution in [-0.2, 0) is 11.3 Å². The van der Waals surface area contributed by atoms with Crippen molar-refractivity contribution in [1.82, 2.24) is 0 Å². The number of carbonyl (C=O) groups is 1. The molecule has 0 saturated heterocycles. The molecule has 140 valence electrons. The molecule has 0 fully saturated rings. The van der Waals surface area contributed by atoms with E-state index >= 15 is 0 Å². The molecule has 0 heterocycles. The molecule has 1 aliphatic carbocycles. The van der Waals surface area contributed by atoms with Crippen LogP contribution in [0.1, 0.15) is 27.0 Å². The standard InChI is InChI=1S/C26H17ClO2/c27-19-14-12-17(13-15-19)16-29-26-23-10-4-3-9-22(23)25(28)24(26)21-11-5-7-18-6-1-2-8-20(18)21/h1-15H,16H2. The molecule has 0 saturated carbocycles. The van der Waals surface area contributed by atoms with Crippen molar-refractivity contribution in [2.45, 2.75) is 6.61 Å². The van der Waals surface area contributed by atoms with Crippen LogP contribution >= 0.6 is 11.6 Å². The zero-order valence-corrected chi connectivity index (χ0v) is 16.3. The maximum absolute atomic E-state index is 13.4. The van der Waals surface area contributed by atoms with Crippen molar-refractivity contribution < 1.29 is 9.53 Å². The van der Waals surface area contributed by atoms with Gasteiger partial charge in [-0.25, -0.2) is 0 Å². The zero-order valence-electron chi connectivity index (χ0n) is 15.6. The molecular formula is C26H17ClO2. The lowest BCUT2D eigenvalue weighted by molar-refractivity contribution is 0.105. The molecule has 0 atom stereocenters. The number of hydrogen-bond acceptors (Lipinski definition) is 2. The zero-order chi connectivity index (χ0) is 19.8. The van der Waals surface area contributed by atoms with Crippen molar-refractivity contribution in [1.29, 1.82) is 0 Å². The van der Waals surface area contributed by atoms with Crippen LogP contribution in [0, 0.1) is 0 Å². The Kier molecular flexibility index (Phi) is 4.42. The molecule has 1 aliphatic rings. The molecule has 0 N–H and O–H groups in total. The Balaban J connectivity index is 1.65. The first-order valence-electron chi connectivity index (χ1n) is 9.46. The highest BCUT2D eigenvalue weighted by atomic mass is 35.5. The average molecular weight is 397 g/mol. The number of ether oxygens (including phenoxy) is 1. The lowest BCUT2D eigenvalue weighted by atomic mass is 9.96. The number of fused-ring (bicyclic) bond motifs is 2. The largest absolute Gasteiger partial charge is 0.487 e. The van der Waals surface area contributed by atoms with Gasteiger partial charge in [0.1, 0.15) is 12.4 Å². The Morgan fingerprint density at radius 3 is 2.17 bits per heavy atom.